The second-order valence-electron chi connectivity index (χ2n) is 8.90. The molecule has 0 heterocycles. The lowest BCUT2D eigenvalue weighted by molar-refractivity contribution is 0.0376. The molecule has 0 aliphatic rings. The minimum atomic E-state index is -0.453. The summed E-state index contributed by atoms with van der Waals surface area (Å²) in [6.45, 7) is 9.14. The van der Waals surface area contributed by atoms with Gasteiger partial charge in [-0.15, -0.1) is 0 Å². The molecule has 0 aliphatic heterocycles. The van der Waals surface area contributed by atoms with Crippen molar-refractivity contribution in [1.82, 2.24) is 4.90 Å². The number of benzene rings is 3. The molecule has 3 heteroatoms. The maximum Gasteiger partial charge on any atom is 0.143 e. The van der Waals surface area contributed by atoms with E-state index in [4.69, 9.17) is 4.74 Å². The molecule has 180 valence electrons. The van der Waals surface area contributed by atoms with Crippen molar-refractivity contribution >= 4 is 11.1 Å². The van der Waals surface area contributed by atoms with Crippen LogP contribution in [0.2, 0.25) is 0 Å². The molecule has 0 radical (unpaired) electrons. The van der Waals surface area contributed by atoms with Gasteiger partial charge in [-0.25, -0.2) is 4.39 Å². The van der Waals surface area contributed by atoms with Gasteiger partial charge in [0.1, 0.15) is 19.2 Å². The van der Waals surface area contributed by atoms with Gasteiger partial charge in [0.15, 0.2) is 0 Å². The van der Waals surface area contributed by atoms with Gasteiger partial charge in [0, 0.05) is 12.1 Å². The molecule has 0 bridgehead atoms. The SMILES string of the molecule is CCC(=C(c1ccccc1)c1ccc(OCCN(CF)C(C)(CC)CC)cc1)c1ccccc1. The number of rotatable bonds is 12. The van der Waals surface area contributed by atoms with Crippen molar-refractivity contribution in [3.8, 4) is 5.75 Å². The van der Waals surface area contributed by atoms with E-state index in [2.05, 4.69) is 100 Å². The van der Waals surface area contributed by atoms with Crippen molar-refractivity contribution in [2.45, 2.75) is 52.5 Å². The maximum atomic E-state index is 13.7. The van der Waals surface area contributed by atoms with E-state index in [1.807, 2.05) is 17.0 Å². The van der Waals surface area contributed by atoms with Crippen LogP contribution in [0.4, 0.5) is 4.39 Å². The van der Waals surface area contributed by atoms with Crippen LogP contribution in [0.25, 0.3) is 11.1 Å². The van der Waals surface area contributed by atoms with Crippen LogP contribution in [0.15, 0.2) is 84.9 Å². The lowest BCUT2D eigenvalue weighted by atomic mass is 9.88. The molecule has 3 aromatic rings. The summed E-state index contributed by atoms with van der Waals surface area (Å²) < 4.78 is 19.7. The number of hydrogen-bond donors (Lipinski definition) is 0. The van der Waals surface area contributed by atoms with Gasteiger partial charge in [-0.05, 0) is 66.2 Å². The summed E-state index contributed by atoms with van der Waals surface area (Å²) in [7, 11) is 0. The highest BCUT2D eigenvalue weighted by Crippen LogP contribution is 2.35. The summed E-state index contributed by atoms with van der Waals surface area (Å²) in [5.41, 5.74) is 6.03. The molecular formula is C31H38FNO. The third-order valence-corrected chi connectivity index (χ3v) is 7.04. The van der Waals surface area contributed by atoms with E-state index in [0.717, 1.165) is 30.6 Å². The van der Waals surface area contributed by atoms with E-state index >= 15 is 0 Å². The van der Waals surface area contributed by atoms with Gasteiger partial charge >= 0.3 is 0 Å². The second kappa shape index (κ2) is 12.5. The molecule has 34 heavy (non-hydrogen) atoms. The van der Waals surface area contributed by atoms with Crippen molar-refractivity contribution in [3.63, 3.8) is 0 Å². The van der Waals surface area contributed by atoms with Crippen LogP contribution in [0.3, 0.4) is 0 Å². The number of allylic oxidation sites excluding steroid dienone is 1. The highest BCUT2D eigenvalue weighted by atomic mass is 19.1. The first kappa shape index (κ1) is 25.7. The summed E-state index contributed by atoms with van der Waals surface area (Å²) in [6.07, 6.45) is 2.76. The smallest absolute Gasteiger partial charge is 0.143 e. The molecule has 2 nitrogen and oxygen atoms in total. The Labute approximate surface area is 205 Å². The number of hydrogen-bond acceptors (Lipinski definition) is 2. The summed E-state index contributed by atoms with van der Waals surface area (Å²) in [5.74, 6) is 0.808. The summed E-state index contributed by atoms with van der Waals surface area (Å²) in [6, 6.07) is 29.5. The standard InChI is InChI=1S/C31H38FNO/c1-5-29(25-14-10-8-11-15-25)30(26-16-12-9-13-17-26)27-18-20-28(21-19-27)34-23-22-33(24-32)31(4,6-2)7-3/h8-21H,5-7,22-24H2,1-4H3. The second-order valence-corrected chi connectivity index (χ2v) is 8.90. The van der Waals surface area contributed by atoms with E-state index < -0.39 is 6.80 Å². The van der Waals surface area contributed by atoms with Crippen LogP contribution in [0.1, 0.15) is 63.6 Å². The molecule has 0 aliphatic carbocycles. The topological polar surface area (TPSA) is 12.5 Å². The summed E-state index contributed by atoms with van der Waals surface area (Å²) in [5, 5.41) is 0. The predicted molar refractivity (Wildman–Crippen MR) is 143 cm³/mol. The van der Waals surface area contributed by atoms with Crippen molar-refractivity contribution in [2.24, 2.45) is 0 Å². The first-order valence-electron chi connectivity index (χ1n) is 12.4. The number of alkyl halides is 1. The minimum Gasteiger partial charge on any atom is -0.492 e. The highest BCUT2D eigenvalue weighted by Gasteiger charge is 2.27. The molecule has 0 N–H and O–H groups in total. The molecule has 0 spiro atoms. The molecule has 0 unspecified atom stereocenters. The molecule has 0 fully saturated rings. The number of ether oxygens (including phenoxy) is 1. The number of halogens is 1. The van der Waals surface area contributed by atoms with Gasteiger partial charge in [0.05, 0.1) is 0 Å². The summed E-state index contributed by atoms with van der Waals surface area (Å²) in [4.78, 5) is 1.88. The maximum absolute atomic E-state index is 13.7. The molecule has 0 aromatic heterocycles. The quantitative estimate of drug-likeness (QED) is 0.200. The van der Waals surface area contributed by atoms with Crippen molar-refractivity contribution < 1.29 is 9.13 Å². The molecule has 0 saturated heterocycles. The van der Waals surface area contributed by atoms with Crippen LogP contribution in [-0.4, -0.2) is 30.4 Å². The first-order valence-corrected chi connectivity index (χ1v) is 12.4. The van der Waals surface area contributed by atoms with Gasteiger partial charge in [0.25, 0.3) is 0 Å². The van der Waals surface area contributed by atoms with E-state index in [1.165, 1.54) is 22.3 Å². The zero-order valence-electron chi connectivity index (χ0n) is 21.1. The largest absolute Gasteiger partial charge is 0.492 e. The van der Waals surface area contributed by atoms with Crippen LogP contribution in [0.5, 0.6) is 5.75 Å². The fraction of sp³-hybridized carbons (Fsp3) is 0.355. The van der Waals surface area contributed by atoms with Crippen molar-refractivity contribution in [3.05, 3.63) is 102 Å². The molecular weight excluding hydrogens is 421 g/mol. The molecule has 0 amide bonds. The molecule has 0 saturated carbocycles. The van der Waals surface area contributed by atoms with Gasteiger partial charge in [-0.3, -0.25) is 4.90 Å². The molecule has 3 aromatic carbocycles. The van der Waals surface area contributed by atoms with Gasteiger partial charge in [0.2, 0.25) is 0 Å². The molecule has 0 atom stereocenters. The lowest BCUT2D eigenvalue weighted by Crippen LogP contribution is -2.46. The fourth-order valence-corrected chi connectivity index (χ4v) is 4.45. The Hall–Kier alpha value is -2.91. The summed E-state index contributed by atoms with van der Waals surface area (Å²) >= 11 is 0. The first-order chi connectivity index (χ1) is 16.6. The Morgan fingerprint density at radius 3 is 1.79 bits per heavy atom. The highest BCUT2D eigenvalue weighted by molar-refractivity contribution is 5.98. The van der Waals surface area contributed by atoms with Crippen LogP contribution >= 0.6 is 0 Å². The lowest BCUT2D eigenvalue weighted by Gasteiger charge is -2.38. The Balaban J connectivity index is 1.83. The zero-order chi connectivity index (χ0) is 24.4. The predicted octanol–water partition coefficient (Wildman–Crippen LogP) is 8.24. The zero-order valence-corrected chi connectivity index (χ0v) is 21.1. The van der Waals surface area contributed by atoms with Crippen LogP contribution in [-0.2, 0) is 0 Å². The third kappa shape index (κ3) is 6.15. The Morgan fingerprint density at radius 2 is 1.29 bits per heavy atom. The Morgan fingerprint density at radius 1 is 0.765 bits per heavy atom. The Bertz CT molecular complexity index is 1020. The van der Waals surface area contributed by atoms with Gasteiger partial charge in [-0.1, -0.05) is 93.6 Å². The van der Waals surface area contributed by atoms with E-state index in [0.29, 0.717) is 13.2 Å². The normalized spacial score (nSPS) is 12.5. The monoisotopic (exact) mass is 459 g/mol. The third-order valence-electron chi connectivity index (χ3n) is 7.04. The number of nitrogens with zero attached hydrogens (tertiary/aromatic N) is 1. The minimum absolute atomic E-state index is 0.134. The Kier molecular flexibility index (Phi) is 9.47. The average Bonchev–Trinajstić information content (AvgIpc) is 2.90. The van der Waals surface area contributed by atoms with Crippen molar-refractivity contribution in [1.29, 1.82) is 0 Å². The van der Waals surface area contributed by atoms with E-state index in [-0.39, 0.29) is 5.54 Å². The van der Waals surface area contributed by atoms with Gasteiger partial charge < -0.3 is 4.74 Å². The van der Waals surface area contributed by atoms with E-state index in [9.17, 15) is 4.39 Å². The van der Waals surface area contributed by atoms with E-state index in [1.54, 1.807) is 0 Å². The fourth-order valence-electron chi connectivity index (χ4n) is 4.45. The average molecular weight is 460 g/mol. The van der Waals surface area contributed by atoms with Crippen molar-refractivity contribution in [2.75, 3.05) is 20.0 Å². The van der Waals surface area contributed by atoms with Gasteiger partial charge in [-0.2, -0.15) is 0 Å². The molecule has 3 rings (SSSR count). The van der Waals surface area contributed by atoms with Crippen LogP contribution < -0.4 is 4.74 Å². The van der Waals surface area contributed by atoms with Crippen LogP contribution in [0, 0.1) is 0 Å².